The largest absolute Gasteiger partial charge is 0.542 e. The highest BCUT2D eigenvalue weighted by Crippen LogP contribution is 2.38. The molecule has 1 aliphatic rings. The van der Waals surface area contributed by atoms with Gasteiger partial charge in [-0.2, -0.15) is 4.58 Å². The SMILES string of the molecule is CC(C)(C)[N+]1=CC=NC1(C(=O)[O-])C(C)(C)C. The zero-order valence-electron chi connectivity index (χ0n) is 10.9. The van der Waals surface area contributed by atoms with Gasteiger partial charge in [0, 0.05) is 0 Å². The monoisotopic (exact) mass is 224 g/mol. The third kappa shape index (κ3) is 1.66. The highest BCUT2D eigenvalue weighted by molar-refractivity contribution is 6.16. The molecule has 0 saturated heterocycles. The number of rotatable bonds is 1. The van der Waals surface area contributed by atoms with Crippen molar-refractivity contribution in [3.8, 4) is 0 Å². The number of aliphatic carboxylic acids is 1. The van der Waals surface area contributed by atoms with E-state index in [4.69, 9.17) is 0 Å². The summed E-state index contributed by atoms with van der Waals surface area (Å²) in [5.74, 6) is -1.15. The molecule has 90 valence electrons. The van der Waals surface area contributed by atoms with Gasteiger partial charge in [0.25, 0.3) is 0 Å². The third-order valence-corrected chi connectivity index (χ3v) is 2.88. The Bertz CT molecular complexity index is 369. The Morgan fingerprint density at radius 2 is 1.75 bits per heavy atom. The Labute approximate surface area is 96.7 Å². The first-order valence-corrected chi connectivity index (χ1v) is 5.43. The molecule has 0 radical (unpaired) electrons. The minimum Gasteiger partial charge on any atom is -0.542 e. The van der Waals surface area contributed by atoms with Crippen LogP contribution in [-0.4, -0.2) is 34.2 Å². The van der Waals surface area contributed by atoms with Crippen LogP contribution in [0.15, 0.2) is 4.99 Å². The molecule has 0 aliphatic carbocycles. The van der Waals surface area contributed by atoms with Gasteiger partial charge in [0.2, 0.25) is 0 Å². The van der Waals surface area contributed by atoms with E-state index in [-0.39, 0.29) is 5.54 Å². The maximum atomic E-state index is 11.5. The molecule has 0 aromatic carbocycles. The fourth-order valence-corrected chi connectivity index (χ4v) is 2.10. The van der Waals surface area contributed by atoms with E-state index in [2.05, 4.69) is 4.99 Å². The molecule has 0 saturated carbocycles. The summed E-state index contributed by atoms with van der Waals surface area (Å²) in [5, 5.41) is 11.5. The van der Waals surface area contributed by atoms with Crippen molar-refractivity contribution in [3.63, 3.8) is 0 Å². The molecule has 1 rings (SSSR count). The zero-order chi connectivity index (χ0) is 12.8. The Kier molecular flexibility index (Phi) is 2.74. The topological polar surface area (TPSA) is 55.5 Å². The standard InChI is InChI=1S/C12H20N2O2/c1-10(2,3)12(9(15)16)13-7-8-14(12)11(4,5)6/h7-8H,1-6H3. The molecule has 1 atom stereocenters. The van der Waals surface area contributed by atoms with Crippen molar-refractivity contribution in [2.75, 3.05) is 0 Å². The van der Waals surface area contributed by atoms with E-state index in [0.717, 1.165) is 0 Å². The summed E-state index contributed by atoms with van der Waals surface area (Å²) in [7, 11) is 0. The zero-order valence-corrected chi connectivity index (χ0v) is 10.9. The molecule has 0 N–H and O–H groups in total. The Morgan fingerprint density at radius 1 is 1.25 bits per heavy atom. The molecule has 1 heterocycles. The smallest absolute Gasteiger partial charge is 0.301 e. The second-order valence-electron chi connectivity index (χ2n) is 6.18. The molecular weight excluding hydrogens is 204 g/mol. The van der Waals surface area contributed by atoms with E-state index in [0.29, 0.717) is 0 Å². The van der Waals surface area contributed by atoms with Crippen LogP contribution in [0.1, 0.15) is 41.5 Å². The first kappa shape index (κ1) is 12.9. The maximum absolute atomic E-state index is 11.5. The summed E-state index contributed by atoms with van der Waals surface area (Å²) in [6.45, 7) is 11.5. The Morgan fingerprint density at radius 3 is 2.00 bits per heavy atom. The molecule has 0 aromatic rings. The van der Waals surface area contributed by atoms with E-state index >= 15 is 0 Å². The lowest BCUT2D eigenvalue weighted by Gasteiger charge is -2.40. The lowest BCUT2D eigenvalue weighted by Crippen LogP contribution is -2.64. The van der Waals surface area contributed by atoms with Crippen molar-refractivity contribution in [3.05, 3.63) is 0 Å². The third-order valence-electron chi connectivity index (χ3n) is 2.88. The van der Waals surface area contributed by atoms with E-state index in [9.17, 15) is 9.90 Å². The van der Waals surface area contributed by atoms with Crippen LogP contribution >= 0.6 is 0 Å². The molecule has 0 spiro atoms. The van der Waals surface area contributed by atoms with Gasteiger partial charge in [-0.25, -0.2) is 4.99 Å². The highest BCUT2D eigenvalue weighted by atomic mass is 16.4. The van der Waals surface area contributed by atoms with Crippen LogP contribution in [0.4, 0.5) is 0 Å². The Hall–Kier alpha value is -1.19. The van der Waals surface area contributed by atoms with Crippen LogP contribution in [0.2, 0.25) is 0 Å². The second-order valence-corrected chi connectivity index (χ2v) is 6.18. The van der Waals surface area contributed by atoms with Gasteiger partial charge in [-0.1, -0.05) is 20.8 Å². The van der Waals surface area contributed by atoms with Crippen LogP contribution in [0.5, 0.6) is 0 Å². The number of hydrogen-bond acceptors (Lipinski definition) is 3. The predicted octanol–water partition coefficient (Wildman–Crippen LogP) is 0.445. The summed E-state index contributed by atoms with van der Waals surface area (Å²) in [6, 6.07) is 0. The number of carbonyl (C=O) groups is 1. The van der Waals surface area contributed by atoms with Crippen LogP contribution in [-0.2, 0) is 4.79 Å². The molecule has 0 fully saturated rings. The molecule has 1 aliphatic heterocycles. The van der Waals surface area contributed by atoms with Gasteiger partial charge in [-0.3, -0.25) is 0 Å². The molecule has 4 heteroatoms. The van der Waals surface area contributed by atoms with Gasteiger partial charge in [0.1, 0.15) is 5.97 Å². The number of carboxylic acid groups (broad SMARTS) is 1. The van der Waals surface area contributed by atoms with Crippen LogP contribution < -0.4 is 5.11 Å². The number of nitrogens with zero attached hydrogens (tertiary/aromatic N) is 2. The lowest BCUT2D eigenvalue weighted by atomic mass is 9.79. The average molecular weight is 224 g/mol. The Balaban J connectivity index is 3.41. The summed E-state index contributed by atoms with van der Waals surface area (Å²) >= 11 is 0. The number of hydrogen-bond donors (Lipinski definition) is 0. The van der Waals surface area contributed by atoms with Gasteiger partial charge in [-0.15, -0.1) is 0 Å². The van der Waals surface area contributed by atoms with Gasteiger partial charge in [0.05, 0.1) is 11.6 Å². The minimum absolute atomic E-state index is 0.316. The second kappa shape index (κ2) is 3.40. The molecule has 16 heavy (non-hydrogen) atoms. The summed E-state index contributed by atoms with van der Waals surface area (Å²) in [6.07, 6.45) is 3.27. The van der Waals surface area contributed by atoms with Crippen molar-refractivity contribution in [1.29, 1.82) is 0 Å². The quantitative estimate of drug-likeness (QED) is 0.607. The molecule has 0 bridgehead atoms. The van der Waals surface area contributed by atoms with E-state index in [1.807, 2.05) is 41.5 Å². The van der Waals surface area contributed by atoms with Crippen molar-refractivity contribution in [2.24, 2.45) is 10.4 Å². The van der Waals surface area contributed by atoms with E-state index < -0.39 is 17.0 Å². The number of carboxylic acids is 1. The van der Waals surface area contributed by atoms with Crippen molar-refractivity contribution in [1.82, 2.24) is 0 Å². The van der Waals surface area contributed by atoms with Gasteiger partial charge in [0.15, 0.2) is 11.8 Å². The van der Waals surface area contributed by atoms with Gasteiger partial charge in [-0.05, 0) is 20.8 Å². The summed E-state index contributed by atoms with van der Waals surface area (Å²) in [5.41, 5.74) is -2.17. The van der Waals surface area contributed by atoms with Gasteiger partial charge < -0.3 is 9.90 Å². The number of aliphatic imine (C=N–C) groups is 1. The molecule has 0 amide bonds. The van der Waals surface area contributed by atoms with Crippen molar-refractivity contribution < 1.29 is 14.5 Å². The highest BCUT2D eigenvalue weighted by Gasteiger charge is 2.58. The van der Waals surface area contributed by atoms with E-state index in [1.54, 1.807) is 17.0 Å². The van der Waals surface area contributed by atoms with Crippen molar-refractivity contribution >= 4 is 18.4 Å². The minimum atomic E-state index is -1.31. The summed E-state index contributed by atoms with van der Waals surface area (Å²) in [4.78, 5) is 15.7. The summed E-state index contributed by atoms with van der Waals surface area (Å²) < 4.78 is 1.76. The normalized spacial score (nSPS) is 25.8. The molecule has 0 aromatic heterocycles. The fraction of sp³-hybridized carbons (Fsp3) is 0.750. The predicted molar refractivity (Wildman–Crippen MR) is 61.8 cm³/mol. The van der Waals surface area contributed by atoms with Crippen molar-refractivity contribution in [2.45, 2.75) is 52.7 Å². The number of carbonyl (C=O) groups excluding carboxylic acids is 1. The average Bonchev–Trinajstić information content (AvgIpc) is 2.44. The molecular formula is C12H20N2O2. The lowest BCUT2D eigenvalue weighted by molar-refractivity contribution is -0.666. The molecule has 1 unspecified atom stereocenters. The first-order chi connectivity index (χ1) is 7.03. The molecule has 4 nitrogen and oxygen atoms in total. The van der Waals surface area contributed by atoms with Crippen LogP contribution in [0, 0.1) is 5.41 Å². The fourth-order valence-electron chi connectivity index (χ4n) is 2.10. The first-order valence-electron chi connectivity index (χ1n) is 5.43. The van der Waals surface area contributed by atoms with Crippen LogP contribution in [0.25, 0.3) is 0 Å². The maximum Gasteiger partial charge on any atom is 0.301 e. The van der Waals surface area contributed by atoms with E-state index in [1.165, 1.54) is 0 Å². The van der Waals surface area contributed by atoms with Crippen LogP contribution in [0.3, 0.4) is 0 Å². The van der Waals surface area contributed by atoms with Gasteiger partial charge >= 0.3 is 5.66 Å².